The smallest absolute Gasteiger partial charge is 0.307 e. The molecular formula is C16H21N3O2. The molecule has 1 aromatic heterocycles. The number of aliphatic carboxylic acids is 1. The van der Waals surface area contributed by atoms with Crippen LogP contribution in [0.3, 0.4) is 0 Å². The Kier molecular flexibility index (Phi) is 3.90. The molecule has 0 spiro atoms. The van der Waals surface area contributed by atoms with Gasteiger partial charge in [0.25, 0.3) is 0 Å². The van der Waals surface area contributed by atoms with Crippen molar-refractivity contribution in [1.82, 2.24) is 9.97 Å². The van der Waals surface area contributed by atoms with Gasteiger partial charge in [-0.3, -0.25) is 4.79 Å². The first-order valence-electron chi connectivity index (χ1n) is 7.65. The van der Waals surface area contributed by atoms with Gasteiger partial charge < -0.3 is 10.0 Å². The van der Waals surface area contributed by atoms with E-state index >= 15 is 0 Å². The van der Waals surface area contributed by atoms with Crippen LogP contribution in [0.5, 0.6) is 0 Å². The zero-order valence-electron chi connectivity index (χ0n) is 12.3. The molecule has 21 heavy (non-hydrogen) atoms. The first-order valence-corrected chi connectivity index (χ1v) is 7.65. The minimum Gasteiger partial charge on any atom is -0.481 e. The van der Waals surface area contributed by atoms with E-state index < -0.39 is 5.97 Å². The van der Waals surface area contributed by atoms with Gasteiger partial charge in [0, 0.05) is 25.5 Å². The van der Waals surface area contributed by atoms with Crippen LogP contribution in [0.4, 0.5) is 5.95 Å². The molecule has 1 N–H and O–H groups in total. The SMILES string of the molecule is CCC1CN(c2ncc(C3CC3)cn2)CC=C1CC(=O)O. The van der Waals surface area contributed by atoms with Crippen LogP contribution < -0.4 is 4.90 Å². The highest BCUT2D eigenvalue weighted by molar-refractivity contribution is 5.70. The summed E-state index contributed by atoms with van der Waals surface area (Å²) >= 11 is 0. The highest BCUT2D eigenvalue weighted by Crippen LogP contribution is 2.39. The maximum Gasteiger partial charge on any atom is 0.307 e. The summed E-state index contributed by atoms with van der Waals surface area (Å²) in [5, 5.41) is 8.97. The first kappa shape index (κ1) is 14.0. The molecule has 1 aromatic rings. The zero-order valence-corrected chi connectivity index (χ0v) is 12.3. The quantitative estimate of drug-likeness (QED) is 0.843. The molecule has 2 heterocycles. The summed E-state index contributed by atoms with van der Waals surface area (Å²) in [6.07, 6.45) is 9.51. The third kappa shape index (κ3) is 3.23. The van der Waals surface area contributed by atoms with E-state index in [9.17, 15) is 4.79 Å². The van der Waals surface area contributed by atoms with Crippen molar-refractivity contribution < 1.29 is 9.90 Å². The van der Waals surface area contributed by atoms with Gasteiger partial charge >= 0.3 is 5.97 Å². The van der Waals surface area contributed by atoms with Crippen LogP contribution in [0, 0.1) is 5.92 Å². The molecule has 5 nitrogen and oxygen atoms in total. The highest BCUT2D eigenvalue weighted by Gasteiger charge is 2.26. The Morgan fingerprint density at radius 1 is 1.38 bits per heavy atom. The molecule has 1 aliphatic heterocycles. The molecule has 0 amide bonds. The van der Waals surface area contributed by atoms with Crippen LogP contribution in [0.1, 0.15) is 44.1 Å². The molecule has 0 radical (unpaired) electrons. The molecule has 3 rings (SSSR count). The largest absolute Gasteiger partial charge is 0.481 e. The number of carboxylic acids is 1. The van der Waals surface area contributed by atoms with Crippen molar-refractivity contribution in [3.05, 3.63) is 29.6 Å². The summed E-state index contributed by atoms with van der Waals surface area (Å²) in [4.78, 5) is 22.0. The van der Waals surface area contributed by atoms with E-state index in [4.69, 9.17) is 5.11 Å². The predicted molar refractivity (Wildman–Crippen MR) is 80.3 cm³/mol. The lowest BCUT2D eigenvalue weighted by Crippen LogP contribution is -2.36. The number of hydrogen-bond donors (Lipinski definition) is 1. The summed E-state index contributed by atoms with van der Waals surface area (Å²) in [5.41, 5.74) is 2.28. The Balaban J connectivity index is 1.71. The second-order valence-electron chi connectivity index (χ2n) is 5.95. The molecule has 0 saturated heterocycles. The fraction of sp³-hybridized carbons (Fsp3) is 0.562. The number of carboxylic acid groups (broad SMARTS) is 1. The second kappa shape index (κ2) is 5.84. The fourth-order valence-corrected chi connectivity index (χ4v) is 2.92. The third-order valence-corrected chi connectivity index (χ3v) is 4.38. The minimum absolute atomic E-state index is 0.147. The molecule has 1 aliphatic carbocycles. The Bertz CT molecular complexity index is 549. The van der Waals surface area contributed by atoms with Crippen LogP contribution in [-0.4, -0.2) is 34.1 Å². The maximum absolute atomic E-state index is 10.9. The Labute approximate surface area is 124 Å². The summed E-state index contributed by atoms with van der Waals surface area (Å²) in [6, 6.07) is 0. The summed E-state index contributed by atoms with van der Waals surface area (Å²) in [7, 11) is 0. The molecule has 0 bridgehead atoms. The Morgan fingerprint density at radius 2 is 2.10 bits per heavy atom. The van der Waals surface area contributed by atoms with E-state index in [2.05, 4.69) is 21.8 Å². The van der Waals surface area contributed by atoms with Crippen LogP contribution in [-0.2, 0) is 4.79 Å². The van der Waals surface area contributed by atoms with E-state index in [1.54, 1.807) is 0 Å². The van der Waals surface area contributed by atoms with Crippen LogP contribution in [0.25, 0.3) is 0 Å². The van der Waals surface area contributed by atoms with Crippen molar-refractivity contribution in [3.63, 3.8) is 0 Å². The van der Waals surface area contributed by atoms with E-state index in [1.807, 2.05) is 18.5 Å². The molecular weight excluding hydrogens is 266 g/mol. The molecule has 2 aliphatic rings. The second-order valence-corrected chi connectivity index (χ2v) is 5.95. The molecule has 1 saturated carbocycles. The monoisotopic (exact) mass is 287 g/mol. The van der Waals surface area contributed by atoms with Crippen molar-refractivity contribution in [2.75, 3.05) is 18.0 Å². The average Bonchev–Trinajstić information content (AvgIpc) is 3.32. The zero-order chi connectivity index (χ0) is 14.8. The first-order chi connectivity index (χ1) is 10.2. The lowest BCUT2D eigenvalue weighted by molar-refractivity contribution is -0.136. The number of anilines is 1. The van der Waals surface area contributed by atoms with Crippen molar-refractivity contribution in [1.29, 1.82) is 0 Å². The maximum atomic E-state index is 10.9. The molecule has 1 atom stereocenters. The van der Waals surface area contributed by atoms with Gasteiger partial charge in [0.2, 0.25) is 5.95 Å². The number of carbonyl (C=O) groups is 1. The molecule has 112 valence electrons. The van der Waals surface area contributed by atoms with E-state index in [0.717, 1.165) is 24.5 Å². The molecule has 1 unspecified atom stereocenters. The van der Waals surface area contributed by atoms with E-state index in [0.29, 0.717) is 12.5 Å². The van der Waals surface area contributed by atoms with Crippen molar-refractivity contribution >= 4 is 11.9 Å². The predicted octanol–water partition coefficient (Wildman–Crippen LogP) is 2.60. The van der Waals surface area contributed by atoms with Gasteiger partial charge in [-0.25, -0.2) is 9.97 Å². The summed E-state index contributed by atoms with van der Waals surface area (Å²) in [6.45, 7) is 3.60. The fourth-order valence-electron chi connectivity index (χ4n) is 2.92. The van der Waals surface area contributed by atoms with Gasteiger partial charge in [-0.05, 0) is 36.7 Å². The van der Waals surface area contributed by atoms with Gasteiger partial charge in [0.05, 0.1) is 6.42 Å². The minimum atomic E-state index is -0.752. The van der Waals surface area contributed by atoms with Crippen molar-refractivity contribution in [2.45, 2.75) is 38.5 Å². The van der Waals surface area contributed by atoms with E-state index in [-0.39, 0.29) is 12.3 Å². The molecule has 1 fully saturated rings. The number of hydrogen-bond acceptors (Lipinski definition) is 4. The molecule has 5 heteroatoms. The van der Waals surface area contributed by atoms with Crippen LogP contribution in [0.2, 0.25) is 0 Å². The summed E-state index contributed by atoms with van der Waals surface area (Å²) < 4.78 is 0. The van der Waals surface area contributed by atoms with Gasteiger partial charge in [0.1, 0.15) is 0 Å². The highest BCUT2D eigenvalue weighted by atomic mass is 16.4. The van der Waals surface area contributed by atoms with Crippen LogP contribution in [0.15, 0.2) is 24.0 Å². The summed E-state index contributed by atoms with van der Waals surface area (Å²) in [5.74, 6) is 0.953. The molecule has 0 aromatic carbocycles. The lowest BCUT2D eigenvalue weighted by Gasteiger charge is -2.32. The van der Waals surface area contributed by atoms with E-state index in [1.165, 1.54) is 18.4 Å². The average molecular weight is 287 g/mol. The van der Waals surface area contributed by atoms with Crippen molar-refractivity contribution in [2.24, 2.45) is 5.92 Å². The number of rotatable bonds is 5. The van der Waals surface area contributed by atoms with Gasteiger partial charge in [-0.2, -0.15) is 0 Å². The Hall–Kier alpha value is -1.91. The standard InChI is InChI=1S/C16H21N3O2/c1-2-11-10-19(6-5-13(11)7-15(20)21)16-17-8-14(9-18-16)12-3-4-12/h5,8-9,11-12H,2-4,6-7,10H2,1H3,(H,20,21). The normalized spacial score (nSPS) is 22.0. The van der Waals surface area contributed by atoms with Gasteiger partial charge in [0.15, 0.2) is 0 Å². The van der Waals surface area contributed by atoms with Crippen molar-refractivity contribution in [3.8, 4) is 0 Å². The third-order valence-electron chi connectivity index (χ3n) is 4.38. The lowest BCUT2D eigenvalue weighted by atomic mass is 9.90. The number of aromatic nitrogens is 2. The van der Waals surface area contributed by atoms with Crippen LogP contribution >= 0.6 is 0 Å². The van der Waals surface area contributed by atoms with Gasteiger partial charge in [-0.15, -0.1) is 0 Å². The number of nitrogens with zero attached hydrogens (tertiary/aromatic N) is 3. The topological polar surface area (TPSA) is 66.3 Å². The van der Waals surface area contributed by atoms with Gasteiger partial charge in [-0.1, -0.05) is 18.6 Å². The Morgan fingerprint density at radius 3 is 2.67 bits per heavy atom.